The Bertz CT molecular complexity index is 458. The highest BCUT2D eigenvalue weighted by Crippen LogP contribution is 2.49. The van der Waals surface area contributed by atoms with Gasteiger partial charge in [0.25, 0.3) is 0 Å². The molecule has 28 heavy (non-hydrogen) atoms. The van der Waals surface area contributed by atoms with Gasteiger partial charge < -0.3 is 9.47 Å². The zero-order chi connectivity index (χ0) is 21.7. The topological polar surface area (TPSA) is 80.3 Å². The fraction of sp³-hybridized carbons (Fsp3) is 0.950. The van der Waals surface area contributed by atoms with Crippen LogP contribution in [0.5, 0.6) is 0 Å². The second-order valence-corrected chi connectivity index (χ2v) is 10.1. The van der Waals surface area contributed by atoms with Crippen molar-refractivity contribution in [3.8, 4) is 0 Å². The molecule has 0 spiro atoms. The molecule has 0 heterocycles. The average molecular weight is 425 g/mol. The first kappa shape index (κ1) is 27.5. The highest BCUT2D eigenvalue weighted by molar-refractivity contribution is 7.48. The minimum atomic E-state index is -3.53. The van der Waals surface area contributed by atoms with E-state index in [-0.39, 0.29) is 19.2 Å². The van der Waals surface area contributed by atoms with Crippen molar-refractivity contribution in [1.29, 1.82) is 0 Å². The Morgan fingerprint density at radius 1 is 0.786 bits per heavy atom. The fourth-order valence-electron chi connectivity index (χ4n) is 1.89. The predicted octanol–water partition coefficient (Wildman–Crippen LogP) is 5.52. The van der Waals surface area contributed by atoms with Gasteiger partial charge in [0.1, 0.15) is 5.60 Å². The Hall–Kier alpha value is -0.460. The Morgan fingerprint density at radius 3 is 1.68 bits per heavy atom. The molecule has 0 atom stereocenters. The third-order valence-corrected chi connectivity index (χ3v) is 5.09. The molecule has 0 aromatic heterocycles. The number of esters is 1. The largest absolute Gasteiger partial charge is 0.474 e. The molecule has 7 nitrogen and oxygen atoms in total. The van der Waals surface area contributed by atoms with E-state index in [1.807, 2.05) is 34.6 Å². The molecule has 0 saturated carbocycles. The molecule has 0 unspecified atom stereocenters. The van der Waals surface area contributed by atoms with E-state index in [1.54, 1.807) is 13.8 Å². The molecule has 0 aliphatic carbocycles. The van der Waals surface area contributed by atoms with Crippen molar-refractivity contribution in [2.24, 2.45) is 5.41 Å². The molecule has 168 valence electrons. The first-order valence-corrected chi connectivity index (χ1v) is 11.8. The minimum Gasteiger partial charge on any atom is -0.459 e. The monoisotopic (exact) mass is 424 g/mol. The van der Waals surface area contributed by atoms with Crippen molar-refractivity contribution in [2.75, 3.05) is 33.0 Å². The van der Waals surface area contributed by atoms with Crippen LogP contribution in [-0.4, -0.2) is 44.6 Å². The molecular formula is C20H41O7P. The van der Waals surface area contributed by atoms with Gasteiger partial charge in [-0.3, -0.25) is 18.4 Å². The lowest BCUT2D eigenvalue weighted by molar-refractivity contribution is -0.169. The van der Waals surface area contributed by atoms with Crippen LogP contribution in [0, 0.1) is 5.41 Å². The number of carbonyl (C=O) groups excluding carboxylic acids is 1. The smallest absolute Gasteiger partial charge is 0.459 e. The van der Waals surface area contributed by atoms with Gasteiger partial charge in [-0.1, -0.05) is 26.7 Å². The second kappa shape index (κ2) is 13.7. The second-order valence-electron chi connectivity index (χ2n) is 8.45. The molecule has 0 amide bonds. The van der Waals surface area contributed by atoms with E-state index in [0.29, 0.717) is 26.2 Å². The molecule has 0 rings (SSSR count). The van der Waals surface area contributed by atoms with Gasteiger partial charge in [0.15, 0.2) is 0 Å². The van der Waals surface area contributed by atoms with Crippen LogP contribution in [0.2, 0.25) is 0 Å². The summed E-state index contributed by atoms with van der Waals surface area (Å²) in [5.74, 6) is -0.297. The summed E-state index contributed by atoms with van der Waals surface area (Å²) < 4.78 is 39.7. The van der Waals surface area contributed by atoms with E-state index in [2.05, 4.69) is 0 Å². The van der Waals surface area contributed by atoms with Crippen LogP contribution in [0.4, 0.5) is 0 Å². The maximum atomic E-state index is 12.6. The van der Waals surface area contributed by atoms with E-state index in [1.165, 1.54) is 0 Å². The summed E-state index contributed by atoms with van der Waals surface area (Å²) >= 11 is 0. The number of hydrogen-bond acceptors (Lipinski definition) is 7. The first-order chi connectivity index (χ1) is 13.0. The third-order valence-electron chi connectivity index (χ3n) is 3.59. The molecule has 8 heteroatoms. The van der Waals surface area contributed by atoms with Gasteiger partial charge >= 0.3 is 13.8 Å². The van der Waals surface area contributed by atoms with Crippen LogP contribution in [0.3, 0.4) is 0 Å². The van der Waals surface area contributed by atoms with E-state index in [4.69, 9.17) is 23.0 Å². The average Bonchev–Trinajstić information content (AvgIpc) is 2.57. The van der Waals surface area contributed by atoms with Crippen LogP contribution >= 0.6 is 7.82 Å². The summed E-state index contributed by atoms with van der Waals surface area (Å²) in [6, 6.07) is 0. The molecule has 0 aliphatic rings. The fourth-order valence-corrected chi connectivity index (χ4v) is 3.17. The molecule has 0 fully saturated rings. The minimum absolute atomic E-state index is 0.197. The maximum absolute atomic E-state index is 12.6. The predicted molar refractivity (Wildman–Crippen MR) is 110 cm³/mol. The van der Waals surface area contributed by atoms with Crippen molar-refractivity contribution < 1.29 is 32.4 Å². The standard InChI is InChI=1S/C20H41O7P/c1-8-10-14-24-28(22,25-15-11-9-2)26-16-12-13-23-17-20(6,7)18(21)27-19(3,4)5/h8-17H2,1-7H3. The summed E-state index contributed by atoms with van der Waals surface area (Å²) in [6.45, 7) is 14.6. The maximum Gasteiger partial charge on any atom is 0.474 e. The molecule has 0 saturated heterocycles. The molecule has 0 bridgehead atoms. The van der Waals surface area contributed by atoms with Crippen molar-refractivity contribution in [2.45, 2.75) is 86.2 Å². The summed E-state index contributed by atoms with van der Waals surface area (Å²) in [5.41, 5.74) is -1.27. The number of hydrogen-bond donors (Lipinski definition) is 0. The number of carbonyl (C=O) groups is 1. The Labute approximate surface area is 171 Å². The van der Waals surface area contributed by atoms with Gasteiger partial charge in [-0.15, -0.1) is 0 Å². The lowest BCUT2D eigenvalue weighted by Crippen LogP contribution is -2.37. The summed E-state index contributed by atoms with van der Waals surface area (Å²) in [7, 11) is -3.53. The van der Waals surface area contributed by atoms with Crippen LogP contribution in [0.15, 0.2) is 0 Å². The van der Waals surface area contributed by atoms with Gasteiger partial charge in [0, 0.05) is 6.61 Å². The van der Waals surface area contributed by atoms with Crippen molar-refractivity contribution >= 4 is 13.8 Å². The molecule has 0 aliphatic heterocycles. The summed E-state index contributed by atoms with van der Waals surface area (Å²) in [6.07, 6.45) is 4.00. The van der Waals surface area contributed by atoms with Gasteiger partial charge in [-0.25, -0.2) is 4.57 Å². The Balaban J connectivity index is 4.23. The Kier molecular flexibility index (Phi) is 13.5. The zero-order valence-electron chi connectivity index (χ0n) is 18.9. The van der Waals surface area contributed by atoms with Crippen LogP contribution in [-0.2, 0) is 32.4 Å². The van der Waals surface area contributed by atoms with Crippen LogP contribution in [0.25, 0.3) is 0 Å². The molecule has 0 aromatic rings. The lowest BCUT2D eigenvalue weighted by atomic mass is 9.94. The van der Waals surface area contributed by atoms with Crippen molar-refractivity contribution in [1.82, 2.24) is 0 Å². The van der Waals surface area contributed by atoms with Gasteiger partial charge in [0.2, 0.25) is 0 Å². The van der Waals surface area contributed by atoms with E-state index < -0.39 is 18.8 Å². The zero-order valence-corrected chi connectivity index (χ0v) is 19.8. The molecular weight excluding hydrogens is 383 g/mol. The SMILES string of the molecule is CCCCOP(=O)(OCCCC)OCCCOCC(C)(C)C(=O)OC(C)(C)C. The number of phosphoric acid groups is 1. The quantitative estimate of drug-likeness (QED) is 0.183. The van der Waals surface area contributed by atoms with Crippen molar-refractivity contribution in [3.05, 3.63) is 0 Å². The number of phosphoric ester groups is 1. The van der Waals surface area contributed by atoms with Gasteiger partial charge in [-0.2, -0.15) is 0 Å². The number of rotatable bonds is 16. The van der Waals surface area contributed by atoms with Crippen LogP contribution < -0.4 is 0 Å². The normalized spacial score (nSPS) is 13.0. The summed E-state index contributed by atoms with van der Waals surface area (Å²) in [5, 5.41) is 0. The summed E-state index contributed by atoms with van der Waals surface area (Å²) in [4.78, 5) is 12.2. The number of unbranched alkanes of at least 4 members (excludes halogenated alkanes) is 2. The first-order valence-electron chi connectivity index (χ1n) is 10.3. The van der Waals surface area contributed by atoms with Gasteiger partial charge in [0.05, 0.1) is 31.8 Å². The Morgan fingerprint density at radius 2 is 1.25 bits per heavy atom. The lowest BCUT2D eigenvalue weighted by Gasteiger charge is -2.28. The van der Waals surface area contributed by atoms with Crippen molar-refractivity contribution in [3.63, 3.8) is 0 Å². The van der Waals surface area contributed by atoms with Crippen LogP contribution in [0.1, 0.15) is 80.6 Å². The van der Waals surface area contributed by atoms with Gasteiger partial charge in [-0.05, 0) is 53.9 Å². The molecule has 0 aromatic carbocycles. The molecule has 0 radical (unpaired) electrons. The van der Waals surface area contributed by atoms with E-state index >= 15 is 0 Å². The number of ether oxygens (including phenoxy) is 2. The molecule has 0 N–H and O–H groups in total. The van der Waals surface area contributed by atoms with E-state index in [9.17, 15) is 9.36 Å². The third kappa shape index (κ3) is 13.7. The highest BCUT2D eigenvalue weighted by Gasteiger charge is 2.33. The highest BCUT2D eigenvalue weighted by atomic mass is 31.2. The van der Waals surface area contributed by atoms with E-state index in [0.717, 1.165) is 25.7 Å².